The third-order valence-corrected chi connectivity index (χ3v) is 4.50. The van der Waals surface area contributed by atoms with Crippen LogP contribution in [0.15, 0.2) is 47.1 Å². The van der Waals surface area contributed by atoms with Crippen LogP contribution in [0, 0.1) is 0 Å². The van der Waals surface area contributed by atoms with E-state index in [1.54, 1.807) is 0 Å². The summed E-state index contributed by atoms with van der Waals surface area (Å²) in [7, 11) is 0. The average Bonchev–Trinajstić information content (AvgIpc) is 2.83. The fraction of sp³-hybridized carbons (Fsp3) is 0.312. The van der Waals surface area contributed by atoms with Crippen molar-refractivity contribution in [1.29, 1.82) is 0 Å². The molecule has 0 radical (unpaired) electrons. The van der Waals surface area contributed by atoms with Crippen molar-refractivity contribution in [3.8, 4) is 0 Å². The fourth-order valence-electron chi connectivity index (χ4n) is 2.79. The quantitative estimate of drug-likeness (QED) is 0.918. The minimum absolute atomic E-state index is 0.313. The van der Waals surface area contributed by atoms with Gasteiger partial charge >= 0.3 is 0 Å². The maximum atomic E-state index is 4.54. The van der Waals surface area contributed by atoms with Crippen LogP contribution in [0.3, 0.4) is 0 Å². The number of aryl methyl sites for hydroxylation is 1. The fourth-order valence-corrected chi connectivity index (χ4v) is 3.42. The van der Waals surface area contributed by atoms with Gasteiger partial charge < -0.3 is 5.32 Å². The molecule has 2 atom stereocenters. The van der Waals surface area contributed by atoms with Crippen molar-refractivity contribution in [2.45, 2.75) is 31.8 Å². The highest BCUT2D eigenvalue weighted by Gasteiger charge is 2.25. The third-order valence-electron chi connectivity index (χ3n) is 3.78. The molecule has 1 unspecified atom stereocenters. The van der Waals surface area contributed by atoms with Gasteiger partial charge in [-0.15, -0.1) is 0 Å². The molecule has 1 aliphatic rings. The lowest BCUT2D eigenvalue weighted by atomic mass is 10.1. The van der Waals surface area contributed by atoms with Gasteiger partial charge in [-0.05, 0) is 43.0 Å². The van der Waals surface area contributed by atoms with Crippen molar-refractivity contribution in [1.82, 2.24) is 10.3 Å². The summed E-state index contributed by atoms with van der Waals surface area (Å²) in [6.45, 7) is 2.21. The van der Waals surface area contributed by atoms with Gasteiger partial charge in [0, 0.05) is 16.7 Å². The van der Waals surface area contributed by atoms with Crippen LogP contribution in [0.2, 0.25) is 0 Å². The first-order valence-corrected chi connectivity index (χ1v) is 7.49. The van der Waals surface area contributed by atoms with E-state index in [9.17, 15) is 0 Å². The standard InChI is InChI=1S/C16H17BrN2/c1-11(13-6-2-3-7-14(13)17)19-15-9-8-12-5-4-10-18-16(12)15/h2-7,10-11,15,19H,8-9H2,1H3/t11-,15?/m1/s1. The molecule has 1 aliphatic carbocycles. The summed E-state index contributed by atoms with van der Waals surface area (Å²) in [5.41, 5.74) is 3.91. The van der Waals surface area contributed by atoms with Gasteiger partial charge in [0.2, 0.25) is 0 Å². The summed E-state index contributed by atoms with van der Waals surface area (Å²) in [5.74, 6) is 0. The second kappa shape index (κ2) is 5.43. The lowest BCUT2D eigenvalue weighted by Gasteiger charge is -2.21. The Morgan fingerprint density at radius 3 is 2.95 bits per heavy atom. The molecule has 1 heterocycles. The Labute approximate surface area is 122 Å². The molecule has 0 fully saturated rings. The molecule has 98 valence electrons. The number of nitrogens with zero attached hydrogens (tertiary/aromatic N) is 1. The Kier molecular flexibility index (Phi) is 3.67. The molecule has 2 nitrogen and oxygen atoms in total. The molecule has 3 heteroatoms. The Hall–Kier alpha value is -1.19. The zero-order chi connectivity index (χ0) is 13.2. The SMILES string of the molecule is C[C@@H](NC1CCc2cccnc21)c1ccccc1Br. The predicted octanol–water partition coefficient (Wildman–Crippen LogP) is 4.18. The first kappa shape index (κ1) is 12.8. The molecule has 0 bridgehead atoms. The Balaban J connectivity index is 1.78. The van der Waals surface area contributed by atoms with Crippen LogP contribution >= 0.6 is 15.9 Å². The maximum absolute atomic E-state index is 4.54. The van der Waals surface area contributed by atoms with E-state index in [1.807, 2.05) is 18.3 Å². The van der Waals surface area contributed by atoms with Gasteiger partial charge in [0.1, 0.15) is 0 Å². The second-order valence-electron chi connectivity index (χ2n) is 5.05. The van der Waals surface area contributed by atoms with Crippen molar-refractivity contribution in [2.24, 2.45) is 0 Å². The molecular formula is C16H17BrN2. The monoisotopic (exact) mass is 316 g/mol. The minimum atomic E-state index is 0.313. The maximum Gasteiger partial charge on any atom is 0.0605 e. The third kappa shape index (κ3) is 2.58. The highest BCUT2D eigenvalue weighted by atomic mass is 79.9. The summed E-state index contributed by atoms with van der Waals surface area (Å²) in [4.78, 5) is 4.54. The summed E-state index contributed by atoms with van der Waals surface area (Å²) >= 11 is 3.62. The molecule has 1 aromatic carbocycles. The molecule has 3 rings (SSSR count). The van der Waals surface area contributed by atoms with Crippen LogP contribution < -0.4 is 5.32 Å². The van der Waals surface area contributed by atoms with Crippen LogP contribution in [0.25, 0.3) is 0 Å². The van der Waals surface area contributed by atoms with Crippen LogP contribution in [0.5, 0.6) is 0 Å². The number of halogens is 1. The second-order valence-corrected chi connectivity index (χ2v) is 5.90. The van der Waals surface area contributed by atoms with Gasteiger partial charge in [-0.1, -0.05) is 40.2 Å². The normalized spacial score (nSPS) is 19.2. The van der Waals surface area contributed by atoms with Crippen LogP contribution in [0.4, 0.5) is 0 Å². The van der Waals surface area contributed by atoms with E-state index in [4.69, 9.17) is 0 Å². The number of rotatable bonds is 3. The van der Waals surface area contributed by atoms with Crippen LogP contribution in [-0.2, 0) is 6.42 Å². The van der Waals surface area contributed by atoms with Crippen molar-refractivity contribution >= 4 is 15.9 Å². The van der Waals surface area contributed by atoms with Crippen molar-refractivity contribution in [2.75, 3.05) is 0 Å². The largest absolute Gasteiger partial charge is 0.302 e. The van der Waals surface area contributed by atoms with Gasteiger partial charge in [-0.3, -0.25) is 4.98 Å². The molecular weight excluding hydrogens is 300 g/mol. The average molecular weight is 317 g/mol. The molecule has 0 aliphatic heterocycles. The van der Waals surface area contributed by atoms with E-state index in [0.29, 0.717) is 12.1 Å². The first-order chi connectivity index (χ1) is 9.25. The van der Waals surface area contributed by atoms with Gasteiger partial charge in [0.25, 0.3) is 0 Å². The summed E-state index contributed by atoms with van der Waals surface area (Å²) < 4.78 is 1.16. The lowest BCUT2D eigenvalue weighted by molar-refractivity contribution is 0.457. The van der Waals surface area contributed by atoms with E-state index in [-0.39, 0.29) is 0 Å². The lowest BCUT2D eigenvalue weighted by Crippen LogP contribution is -2.23. The van der Waals surface area contributed by atoms with Gasteiger partial charge in [0.15, 0.2) is 0 Å². The van der Waals surface area contributed by atoms with Gasteiger partial charge in [-0.25, -0.2) is 0 Å². The summed E-state index contributed by atoms with van der Waals surface area (Å²) in [5, 5.41) is 3.70. The summed E-state index contributed by atoms with van der Waals surface area (Å²) in [6, 6.07) is 13.3. The molecule has 0 amide bonds. The molecule has 0 saturated heterocycles. The van der Waals surface area contributed by atoms with E-state index >= 15 is 0 Å². The van der Waals surface area contributed by atoms with E-state index in [0.717, 1.165) is 17.3 Å². The van der Waals surface area contributed by atoms with Gasteiger partial charge in [0.05, 0.1) is 11.7 Å². The van der Waals surface area contributed by atoms with Crippen molar-refractivity contribution in [3.63, 3.8) is 0 Å². The summed E-state index contributed by atoms with van der Waals surface area (Å²) in [6.07, 6.45) is 4.16. The predicted molar refractivity (Wildman–Crippen MR) is 81.0 cm³/mol. The minimum Gasteiger partial charge on any atom is -0.302 e. The highest BCUT2D eigenvalue weighted by Crippen LogP contribution is 2.32. The number of nitrogens with one attached hydrogen (secondary N) is 1. The number of benzene rings is 1. The number of aromatic nitrogens is 1. The first-order valence-electron chi connectivity index (χ1n) is 6.70. The van der Waals surface area contributed by atoms with Crippen molar-refractivity contribution in [3.05, 3.63) is 63.9 Å². The van der Waals surface area contributed by atoms with Crippen LogP contribution in [0.1, 0.15) is 42.2 Å². The van der Waals surface area contributed by atoms with E-state index in [2.05, 4.69) is 57.4 Å². The Morgan fingerprint density at radius 2 is 2.11 bits per heavy atom. The number of hydrogen-bond acceptors (Lipinski definition) is 2. The highest BCUT2D eigenvalue weighted by molar-refractivity contribution is 9.10. The molecule has 1 aromatic heterocycles. The Bertz CT molecular complexity index is 582. The molecule has 0 saturated carbocycles. The van der Waals surface area contributed by atoms with E-state index < -0.39 is 0 Å². The zero-order valence-corrected chi connectivity index (χ0v) is 12.5. The van der Waals surface area contributed by atoms with E-state index in [1.165, 1.54) is 16.8 Å². The Morgan fingerprint density at radius 1 is 1.26 bits per heavy atom. The van der Waals surface area contributed by atoms with Crippen LogP contribution in [-0.4, -0.2) is 4.98 Å². The number of hydrogen-bond donors (Lipinski definition) is 1. The van der Waals surface area contributed by atoms with Crippen molar-refractivity contribution < 1.29 is 0 Å². The molecule has 19 heavy (non-hydrogen) atoms. The topological polar surface area (TPSA) is 24.9 Å². The molecule has 0 spiro atoms. The number of pyridine rings is 1. The number of fused-ring (bicyclic) bond motifs is 1. The zero-order valence-electron chi connectivity index (χ0n) is 10.9. The smallest absolute Gasteiger partial charge is 0.0605 e. The van der Waals surface area contributed by atoms with Gasteiger partial charge in [-0.2, -0.15) is 0 Å². The molecule has 1 N–H and O–H groups in total. The molecule has 2 aromatic rings.